The van der Waals surface area contributed by atoms with Crippen LogP contribution in [0.4, 0.5) is 0 Å². The summed E-state index contributed by atoms with van der Waals surface area (Å²) in [6.45, 7) is 4.23. The van der Waals surface area contributed by atoms with Crippen molar-refractivity contribution in [2.75, 3.05) is 0 Å². The molecule has 0 bridgehead atoms. The number of benzene rings is 1. The first-order chi connectivity index (χ1) is 8.08. The van der Waals surface area contributed by atoms with E-state index in [4.69, 9.17) is 16.7 Å². The Hall–Kier alpha value is -0.710. The highest BCUT2D eigenvalue weighted by atomic mass is 35.5. The van der Waals surface area contributed by atoms with Crippen LogP contribution in [0.15, 0.2) is 23.1 Å². The predicted molar refractivity (Wildman–Crippen MR) is 71.8 cm³/mol. The molecule has 1 rings (SSSR count). The molecule has 0 saturated carbocycles. The Labute approximate surface area is 111 Å². The van der Waals surface area contributed by atoms with Gasteiger partial charge in [0.25, 0.3) is 0 Å². The third kappa shape index (κ3) is 4.22. The van der Waals surface area contributed by atoms with Gasteiger partial charge in [0.1, 0.15) is 0 Å². The van der Waals surface area contributed by atoms with Crippen molar-refractivity contribution in [1.29, 1.82) is 0 Å². The van der Waals surface area contributed by atoms with Crippen LogP contribution < -0.4 is 4.72 Å². The summed E-state index contributed by atoms with van der Waals surface area (Å²) in [6.07, 6.45) is 2.09. The lowest BCUT2D eigenvalue weighted by molar-refractivity contribution is 0.0697. The lowest BCUT2D eigenvalue weighted by Gasteiger charge is -2.13. The molecule has 0 radical (unpaired) electrons. The van der Waals surface area contributed by atoms with Gasteiger partial charge in [-0.3, -0.25) is 4.72 Å². The molecular weight excluding hydrogens is 258 g/mol. The summed E-state index contributed by atoms with van der Waals surface area (Å²) in [5, 5.41) is 9.21. The smallest absolute Gasteiger partial charge is 0.337 e. The molecule has 0 aromatic heterocycles. The van der Waals surface area contributed by atoms with Crippen molar-refractivity contribution in [2.45, 2.75) is 37.6 Å². The van der Waals surface area contributed by atoms with E-state index in [2.05, 4.69) is 18.6 Å². The van der Waals surface area contributed by atoms with Crippen LogP contribution >= 0.6 is 23.5 Å². The second-order valence-corrected chi connectivity index (χ2v) is 5.00. The standard InChI is InChI=1S/C12H16ClNO2S/c1-3-8(4-2)14-17-9-5-6-11(13)10(7-9)12(15)16/h5-8,14H,3-4H2,1-2H3,(H,15,16). The number of rotatable bonds is 6. The van der Waals surface area contributed by atoms with Gasteiger partial charge in [-0.25, -0.2) is 4.79 Å². The fourth-order valence-electron chi connectivity index (χ4n) is 1.34. The maximum atomic E-state index is 10.9. The fourth-order valence-corrected chi connectivity index (χ4v) is 2.49. The molecule has 0 spiro atoms. The second-order valence-electron chi connectivity index (χ2n) is 3.68. The first-order valence-electron chi connectivity index (χ1n) is 5.53. The molecule has 0 aliphatic heterocycles. The normalized spacial score (nSPS) is 10.8. The van der Waals surface area contributed by atoms with Crippen molar-refractivity contribution in [1.82, 2.24) is 4.72 Å². The summed E-state index contributed by atoms with van der Waals surface area (Å²) in [6, 6.07) is 5.45. The van der Waals surface area contributed by atoms with E-state index in [0.717, 1.165) is 17.7 Å². The maximum absolute atomic E-state index is 10.9. The van der Waals surface area contributed by atoms with Crippen molar-refractivity contribution < 1.29 is 9.90 Å². The van der Waals surface area contributed by atoms with Crippen LogP contribution in [0.1, 0.15) is 37.0 Å². The number of hydrogen-bond acceptors (Lipinski definition) is 3. The molecule has 0 heterocycles. The molecule has 1 aromatic carbocycles. The van der Waals surface area contributed by atoms with Gasteiger partial charge in [-0.2, -0.15) is 0 Å². The molecule has 0 unspecified atom stereocenters. The third-order valence-corrected chi connectivity index (χ3v) is 3.77. The van der Waals surface area contributed by atoms with Crippen LogP contribution in [0.5, 0.6) is 0 Å². The van der Waals surface area contributed by atoms with Crippen molar-refractivity contribution >= 4 is 29.5 Å². The maximum Gasteiger partial charge on any atom is 0.337 e. The van der Waals surface area contributed by atoms with Gasteiger partial charge < -0.3 is 5.11 Å². The van der Waals surface area contributed by atoms with Gasteiger partial charge in [0.2, 0.25) is 0 Å². The number of halogens is 1. The Balaban J connectivity index is 2.72. The van der Waals surface area contributed by atoms with E-state index >= 15 is 0 Å². The van der Waals surface area contributed by atoms with Crippen LogP contribution in [-0.2, 0) is 0 Å². The molecule has 0 fully saturated rings. The quantitative estimate of drug-likeness (QED) is 0.774. The van der Waals surface area contributed by atoms with Gasteiger partial charge >= 0.3 is 5.97 Å². The average Bonchev–Trinajstić information content (AvgIpc) is 2.32. The Bertz CT molecular complexity index is 394. The largest absolute Gasteiger partial charge is 0.478 e. The van der Waals surface area contributed by atoms with Crippen LogP contribution in [-0.4, -0.2) is 17.1 Å². The van der Waals surface area contributed by atoms with E-state index in [0.29, 0.717) is 6.04 Å². The molecule has 0 amide bonds. The fraction of sp³-hybridized carbons (Fsp3) is 0.417. The molecule has 3 nitrogen and oxygen atoms in total. The summed E-state index contributed by atoms with van der Waals surface area (Å²) in [5.74, 6) is -1.00. The number of carboxylic acids is 1. The van der Waals surface area contributed by atoms with Crippen LogP contribution in [0.3, 0.4) is 0 Å². The zero-order valence-corrected chi connectivity index (χ0v) is 11.4. The van der Waals surface area contributed by atoms with E-state index in [9.17, 15) is 4.79 Å². The minimum atomic E-state index is -1.00. The highest BCUT2D eigenvalue weighted by Crippen LogP contribution is 2.23. The van der Waals surface area contributed by atoms with E-state index in [1.54, 1.807) is 12.1 Å². The zero-order chi connectivity index (χ0) is 12.8. The predicted octanol–water partition coefficient (Wildman–Crippen LogP) is 3.82. The van der Waals surface area contributed by atoms with Crippen LogP contribution in [0.25, 0.3) is 0 Å². The third-order valence-electron chi connectivity index (χ3n) is 2.50. The highest BCUT2D eigenvalue weighted by Gasteiger charge is 2.10. The summed E-state index contributed by atoms with van der Waals surface area (Å²) >= 11 is 7.24. The molecule has 0 atom stereocenters. The Morgan fingerprint density at radius 1 is 1.47 bits per heavy atom. The summed E-state index contributed by atoms with van der Waals surface area (Å²) < 4.78 is 3.30. The van der Waals surface area contributed by atoms with Crippen molar-refractivity contribution in [3.63, 3.8) is 0 Å². The van der Waals surface area contributed by atoms with Crippen molar-refractivity contribution in [3.05, 3.63) is 28.8 Å². The topological polar surface area (TPSA) is 49.3 Å². The Kier molecular flexibility index (Phi) is 5.82. The van der Waals surface area contributed by atoms with Crippen molar-refractivity contribution in [3.8, 4) is 0 Å². The number of carboxylic acid groups (broad SMARTS) is 1. The minimum absolute atomic E-state index is 0.142. The van der Waals surface area contributed by atoms with E-state index in [1.165, 1.54) is 11.9 Å². The lowest BCUT2D eigenvalue weighted by atomic mass is 10.2. The molecule has 2 N–H and O–H groups in total. The van der Waals surface area contributed by atoms with Crippen molar-refractivity contribution in [2.24, 2.45) is 0 Å². The molecule has 17 heavy (non-hydrogen) atoms. The highest BCUT2D eigenvalue weighted by molar-refractivity contribution is 7.97. The Morgan fingerprint density at radius 2 is 2.12 bits per heavy atom. The minimum Gasteiger partial charge on any atom is -0.478 e. The summed E-state index contributed by atoms with van der Waals surface area (Å²) in [7, 11) is 0. The molecule has 0 aliphatic carbocycles. The van der Waals surface area contributed by atoms with Gasteiger partial charge in [-0.1, -0.05) is 25.4 Å². The number of hydrogen-bond donors (Lipinski definition) is 2. The summed E-state index contributed by atoms with van der Waals surface area (Å²) in [4.78, 5) is 11.8. The first kappa shape index (κ1) is 14.4. The Morgan fingerprint density at radius 3 is 2.65 bits per heavy atom. The molecule has 0 saturated heterocycles. The zero-order valence-electron chi connectivity index (χ0n) is 9.87. The van der Waals surface area contributed by atoms with E-state index in [-0.39, 0.29) is 10.6 Å². The van der Waals surface area contributed by atoms with E-state index in [1.807, 2.05) is 6.07 Å². The first-order valence-corrected chi connectivity index (χ1v) is 6.73. The van der Waals surface area contributed by atoms with Gasteiger partial charge in [-0.15, -0.1) is 0 Å². The van der Waals surface area contributed by atoms with Gasteiger partial charge in [0.15, 0.2) is 0 Å². The number of aromatic carboxylic acids is 1. The number of nitrogens with one attached hydrogen (secondary N) is 1. The molecule has 1 aromatic rings. The monoisotopic (exact) mass is 273 g/mol. The van der Waals surface area contributed by atoms with Gasteiger partial charge in [0.05, 0.1) is 10.6 Å². The molecule has 0 aliphatic rings. The molecular formula is C12H16ClNO2S. The average molecular weight is 274 g/mol. The molecule has 94 valence electrons. The lowest BCUT2D eigenvalue weighted by Crippen LogP contribution is -2.20. The molecule has 5 heteroatoms. The second kappa shape index (κ2) is 6.89. The number of carbonyl (C=O) groups is 1. The van der Waals surface area contributed by atoms with E-state index < -0.39 is 5.97 Å². The van der Waals surface area contributed by atoms with Crippen LogP contribution in [0, 0.1) is 0 Å². The van der Waals surface area contributed by atoms with Crippen LogP contribution in [0.2, 0.25) is 5.02 Å². The summed E-state index contributed by atoms with van der Waals surface area (Å²) in [5.41, 5.74) is 0.142. The SMILES string of the molecule is CCC(CC)NSc1ccc(Cl)c(C(=O)O)c1. The van der Waals surface area contributed by atoms with Gasteiger partial charge in [0, 0.05) is 10.9 Å². The van der Waals surface area contributed by atoms with Gasteiger partial charge in [-0.05, 0) is 43.0 Å².